The van der Waals surface area contributed by atoms with Crippen molar-refractivity contribution >= 4 is 34.8 Å². The van der Waals surface area contributed by atoms with Crippen molar-refractivity contribution in [3.63, 3.8) is 0 Å². The van der Waals surface area contributed by atoms with Crippen LogP contribution in [0, 0.1) is 0 Å². The Bertz CT molecular complexity index is 1320. The summed E-state index contributed by atoms with van der Waals surface area (Å²) in [5.41, 5.74) is 2.53. The van der Waals surface area contributed by atoms with E-state index in [1.165, 1.54) is 18.2 Å². The first-order valence-electron chi connectivity index (χ1n) is 10.7. The van der Waals surface area contributed by atoms with Crippen LogP contribution >= 0.6 is 11.6 Å². The fourth-order valence-corrected chi connectivity index (χ4v) is 4.37. The molecule has 1 aliphatic rings. The third-order valence-corrected chi connectivity index (χ3v) is 6.18. The lowest BCUT2D eigenvalue weighted by Crippen LogP contribution is -2.29. The van der Waals surface area contributed by atoms with Crippen LogP contribution in [-0.4, -0.2) is 32.8 Å². The fraction of sp³-hybridized carbons (Fsp3) is 0.250. The highest BCUT2D eigenvalue weighted by Gasteiger charge is 2.32. The van der Waals surface area contributed by atoms with Crippen molar-refractivity contribution in [2.75, 3.05) is 13.1 Å². The lowest BCUT2D eigenvalue weighted by Gasteiger charge is -2.22. The molecule has 33 heavy (non-hydrogen) atoms. The highest BCUT2D eigenvalue weighted by Crippen LogP contribution is 2.35. The maximum absolute atomic E-state index is 13.4. The minimum atomic E-state index is -4.46. The fourth-order valence-electron chi connectivity index (χ4n) is 4.19. The highest BCUT2D eigenvalue weighted by atomic mass is 35.5. The van der Waals surface area contributed by atoms with Crippen LogP contribution in [0.15, 0.2) is 49.1 Å². The second-order valence-corrected chi connectivity index (χ2v) is 8.55. The molecule has 0 amide bonds. The molecule has 0 atom stereocenters. The van der Waals surface area contributed by atoms with E-state index in [2.05, 4.69) is 20.4 Å². The number of halogens is 4. The van der Waals surface area contributed by atoms with Crippen LogP contribution in [-0.2, 0) is 6.18 Å². The van der Waals surface area contributed by atoms with Crippen LogP contribution in [0.4, 0.5) is 13.2 Å². The Morgan fingerprint density at radius 1 is 1.03 bits per heavy atom. The van der Waals surface area contributed by atoms with Gasteiger partial charge in [-0.2, -0.15) is 18.3 Å². The number of hydrogen-bond acceptors (Lipinski definition) is 3. The van der Waals surface area contributed by atoms with Crippen LogP contribution in [0.5, 0.6) is 0 Å². The Labute approximate surface area is 193 Å². The van der Waals surface area contributed by atoms with Crippen LogP contribution < -0.4 is 5.32 Å². The molecule has 0 aliphatic carbocycles. The van der Waals surface area contributed by atoms with Gasteiger partial charge in [0.15, 0.2) is 0 Å². The Hall–Kier alpha value is -3.10. The zero-order valence-corrected chi connectivity index (χ0v) is 18.3. The number of nitrogens with zero attached hydrogens (tertiary/aromatic N) is 3. The van der Waals surface area contributed by atoms with Crippen molar-refractivity contribution in [2.45, 2.75) is 25.1 Å². The molecule has 9 heteroatoms. The zero-order valence-electron chi connectivity index (χ0n) is 17.5. The summed E-state index contributed by atoms with van der Waals surface area (Å²) in [4.78, 5) is 7.57. The molecule has 0 bridgehead atoms. The molecule has 2 N–H and O–H groups in total. The topological polar surface area (TPSA) is 58.5 Å². The number of fused-ring (bicyclic) bond motifs is 1. The number of hydrogen-bond donors (Lipinski definition) is 2. The van der Waals surface area contributed by atoms with Crippen LogP contribution in [0.3, 0.4) is 0 Å². The summed E-state index contributed by atoms with van der Waals surface area (Å²) in [5.74, 6) is 0. The van der Waals surface area contributed by atoms with Gasteiger partial charge in [-0.25, -0.2) is 4.98 Å². The minimum Gasteiger partial charge on any atom is -0.346 e. The molecule has 0 saturated carbocycles. The summed E-state index contributed by atoms with van der Waals surface area (Å²) in [7, 11) is 0. The van der Waals surface area contributed by atoms with Crippen molar-refractivity contribution in [2.24, 2.45) is 0 Å². The molecule has 1 saturated heterocycles. The summed E-state index contributed by atoms with van der Waals surface area (Å²) in [6.45, 7) is 1.96. The molecule has 1 fully saturated rings. The number of H-pyrrole nitrogens is 1. The first-order chi connectivity index (χ1) is 15.9. The third-order valence-electron chi connectivity index (χ3n) is 5.94. The molecule has 4 heterocycles. The molecule has 3 aromatic heterocycles. The number of nitrogens with one attached hydrogen (secondary N) is 2. The predicted molar refractivity (Wildman–Crippen MR) is 124 cm³/mol. The molecule has 1 aromatic carbocycles. The van der Waals surface area contributed by atoms with E-state index in [1.807, 2.05) is 23.1 Å². The minimum absolute atomic E-state index is 0.0108. The molecular formula is C24H21ClF3N5. The van der Waals surface area contributed by atoms with Gasteiger partial charge in [-0.05, 0) is 55.8 Å². The van der Waals surface area contributed by atoms with Crippen LogP contribution in [0.1, 0.15) is 35.6 Å². The van der Waals surface area contributed by atoms with E-state index < -0.39 is 11.7 Å². The molecule has 0 spiro atoms. The van der Waals surface area contributed by atoms with Crippen molar-refractivity contribution < 1.29 is 13.2 Å². The number of rotatable bonds is 4. The summed E-state index contributed by atoms with van der Waals surface area (Å²) in [6, 6.07) is 5.91. The monoisotopic (exact) mass is 471 g/mol. The second-order valence-electron chi connectivity index (χ2n) is 8.12. The Balaban J connectivity index is 1.47. The number of piperidine rings is 1. The lowest BCUT2D eigenvalue weighted by molar-refractivity contribution is -0.137. The first-order valence-corrected chi connectivity index (χ1v) is 11.0. The number of aromatic nitrogens is 4. The van der Waals surface area contributed by atoms with Crippen LogP contribution in [0.25, 0.3) is 34.3 Å². The highest BCUT2D eigenvalue weighted by molar-refractivity contribution is 6.30. The Kier molecular flexibility index (Phi) is 5.72. The van der Waals surface area contributed by atoms with Crippen molar-refractivity contribution in [3.05, 3.63) is 70.8 Å². The molecule has 4 aromatic rings. The number of aromatic amines is 1. The maximum Gasteiger partial charge on any atom is 0.416 e. The average Bonchev–Trinajstić information content (AvgIpc) is 3.45. The van der Waals surface area contributed by atoms with E-state index in [0.717, 1.165) is 54.1 Å². The molecule has 1 aliphatic heterocycles. The van der Waals surface area contributed by atoms with Gasteiger partial charge in [-0.3, -0.25) is 4.68 Å². The molecule has 5 rings (SSSR count). The lowest BCUT2D eigenvalue weighted by atomic mass is 10.0. The normalized spacial score (nSPS) is 15.6. The van der Waals surface area contributed by atoms with Crippen molar-refractivity contribution in [1.82, 2.24) is 25.1 Å². The van der Waals surface area contributed by atoms with Gasteiger partial charge in [0, 0.05) is 45.7 Å². The standard InChI is InChI=1S/C24H21ClF3N5/c25-19-3-4-22(24(26,27)28)15(9-19)1-2-16-11-30-23-21(16)10-17(12-31-23)18-13-32-33(14-18)20-5-7-29-8-6-20/h1-4,9-14,20,29H,5-8H2,(H,30,31)/b2-1-. The molecule has 5 nitrogen and oxygen atoms in total. The quantitative estimate of drug-likeness (QED) is 0.373. The number of pyridine rings is 1. The van der Waals surface area contributed by atoms with E-state index in [9.17, 15) is 13.2 Å². The Morgan fingerprint density at radius 2 is 1.82 bits per heavy atom. The van der Waals surface area contributed by atoms with Gasteiger partial charge in [-0.1, -0.05) is 23.8 Å². The number of benzene rings is 1. The van der Waals surface area contributed by atoms with Gasteiger partial charge < -0.3 is 10.3 Å². The van der Waals surface area contributed by atoms with E-state index in [1.54, 1.807) is 18.5 Å². The molecular weight excluding hydrogens is 451 g/mol. The van der Waals surface area contributed by atoms with Crippen LogP contribution in [0.2, 0.25) is 5.02 Å². The van der Waals surface area contributed by atoms with E-state index in [0.29, 0.717) is 11.7 Å². The first kappa shape index (κ1) is 21.7. The summed E-state index contributed by atoms with van der Waals surface area (Å²) < 4.78 is 42.1. The van der Waals surface area contributed by atoms with E-state index in [4.69, 9.17) is 11.6 Å². The van der Waals surface area contributed by atoms with Crippen molar-refractivity contribution in [1.29, 1.82) is 0 Å². The zero-order chi connectivity index (χ0) is 23.0. The molecule has 170 valence electrons. The third kappa shape index (κ3) is 4.54. The van der Waals surface area contributed by atoms with Gasteiger partial charge in [0.1, 0.15) is 5.65 Å². The number of alkyl halides is 3. The van der Waals surface area contributed by atoms with Gasteiger partial charge >= 0.3 is 6.18 Å². The average molecular weight is 472 g/mol. The van der Waals surface area contributed by atoms with Gasteiger partial charge in [0.05, 0.1) is 17.8 Å². The van der Waals surface area contributed by atoms with E-state index >= 15 is 0 Å². The largest absolute Gasteiger partial charge is 0.416 e. The summed E-state index contributed by atoms with van der Waals surface area (Å²) >= 11 is 5.94. The summed E-state index contributed by atoms with van der Waals surface area (Å²) in [5, 5.41) is 8.96. The van der Waals surface area contributed by atoms with Crippen molar-refractivity contribution in [3.8, 4) is 11.1 Å². The predicted octanol–water partition coefficient (Wildman–Crippen LogP) is 6.19. The SMILES string of the molecule is FC(F)(F)c1ccc(Cl)cc1/C=C\c1c[nH]c2ncc(-c3cnn(C4CCNCC4)c3)cc12. The van der Waals surface area contributed by atoms with Gasteiger partial charge in [0.2, 0.25) is 0 Å². The second kappa shape index (κ2) is 8.68. The smallest absolute Gasteiger partial charge is 0.346 e. The molecule has 0 unspecified atom stereocenters. The van der Waals surface area contributed by atoms with E-state index in [-0.39, 0.29) is 10.6 Å². The Morgan fingerprint density at radius 3 is 2.61 bits per heavy atom. The summed E-state index contributed by atoms with van der Waals surface area (Å²) in [6.07, 6.45) is 8.04. The van der Waals surface area contributed by atoms with Gasteiger partial charge in [0.25, 0.3) is 0 Å². The molecule has 0 radical (unpaired) electrons. The maximum atomic E-state index is 13.4. The van der Waals surface area contributed by atoms with Gasteiger partial charge in [-0.15, -0.1) is 0 Å².